The Bertz CT molecular complexity index is 1220. The molecule has 35 heavy (non-hydrogen) atoms. The molecule has 8 heteroatoms. The molecular formula is C27H32FN5O2. The van der Waals surface area contributed by atoms with Crippen molar-refractivity contribution < 1.29 is 14.3 Å². The van der Waals surface area contributed by atoms with Gasteiger partial charge in [-0.15, -0.1) is 0 Å². The predicted octanol–water partition coefficient (Wildman–Crippen LogP) is 4.84. The molecule has 1 N–H and O–H groups in total. The SMILES string of the molecule is O=C(O)c1cc(N2CCC(CN3CCCC3)CC2)c2c(C3CCC3)nn(-c3ccc(F)cc3)c2n1. The third-order valence-electron chi connectivity index (χ3n) is 8.10. The minimum absolute atomic E-state index is 0.0233. The van der Waals surface area contributed by atoms with Crippen LogP contribution in [0.1, 0.15) is 67.0 Å². The normalized spacial score (nSPS) is 20.0. The first-order valence-corrected chi connectivity index (χ1v) is 13.0. The van der Waals surface area contributed by atoms with Gasteiger partial charge in [-0.1, -0.05) is 6.42 Å². The van der Waals surface area contributed by atoms with E-state index in [1.54, 1.807) is 22.9 Å². The van der Waals surface area contributed by atoms with Crippen molar-refractivity contribution >= 4 is 22.7 Å². The highest BCUT2D eigenvalue weighted by molar-refractivity contribution is 5.98. The molecule has 184 valence electrons. The Hall–Kier alpha value is -3.00. The van der Waals surface area contributed by atoms with Gasteiger partial charge < -0.3 is 14.9 Å². The summed E-state index contributed by atoms with van der Waals surface area (Å²) >= 11 is 0. The highest BCUT2D eigenvalue weighted by atomic mass is 19.1. The summed E-state index contributed by atoms with van der Waals surface area (Å²) in [4.78, 5) is 21.5. The van der Waals surface area contributed by atoms with Gasteiger partial charge in [0.05, 0.1) is 22.5 Å². The van der Waals surface area contributed by atoms with Crippen molar-refractivity contribution in [1.82, 2.24) is 19.7 Å². The van der Waals surface area contributed by atoms with Gasteiger partial charge in [-0.3, -0.25) is 0 Å². The van der Waals surface area contributed by atoms with Gasteiger partial charge in [0.15, 0.2) is 11.3 Å². The third kappa shape index (κ3) is 4.29. The van der Waals surface area contributed by atoms with Gasteiger partial charge in [-0.05, 0) is 87.9 Å². The zero-order chi connectivity index (χ0) is 23.9. The second kappa shape index (κ2) is 9.22. The van der Waals surface area contributed by atoms with E-state index in [1.165, 1.54) is 51.0 Å². The summed E-state index contributed by atoms with van der Waals surface area (Å²) in [6.45, 7) is 5.43. The molecule has 7 nitrogen and oxygen atoms in total. The molecule has 1 aromatic carbocycles. The standard InChI is InChI=1S/C27H32FN5O2/c28-20-6-8-21(9-7-20)33-26-24(25(30-33)19-4-3-5-19)23(16-22(29-26)27(34)35)32-14-10-18(11-15-32)17-31-12-1-2-13-31/h6-9,16,18-19H,1-5,10-15,17H2,(H,34,35). The molecule has 1 saturated carbocycles. The van der Waals surface area contributed by atoms with E-state index in [4.69, 9.17) is 5.10 Å². The summed E-state index contributed by atoms with van der Waals surface area (Å²) in [5.74, 6) is -0.327. The first-order chi connectivity index (χ1) is 17.1. The number of pyridine rings is 1. The van der Waals surface area contributed by atoms with Crippen LogP contribution in [0, 0.1) is 11.7 Å². The summed E-state index contributed by atoms with van der Waals surface area (Å²) in [7, 11) is 0. The fourth-order valence-electron chi connectivity index (χ4n) is 5.90. The molecule has 0 amide bonds. The van der Waals surface area contributed by atoms with Crippen molar-refractivity contribution in [2.24, 2.45) is 5.92 Å². The first-order valence-electron chi connectivity index (χ1n) is 13.0. The van der Waals surface area contributed by atoms with Crippen molar-refractivity contribution in [1.29, 1.82) is 0 Å². The zero-order valence-corrected chi connectivity index (χ0v) is 20.0. The van der Waals surface area contributed by atoms with E-state index in [0.29, 0.717) is 23.2 Å². The number of nitrogens with zero attached hydrogens (tertiary/aromatic N) is 5. The smallest absolute Gasteiger partial charge is 0.354 e. The number of aromatic nitrogens is 3. The number of benzene rings is 1. The number of rotatable bonds is 6. The summed E-state index contributed by atoms with van der Waals surface area (Å²) in [6.07, 6.45) is 8.16. The summed E-state index contributed by atoms with van der Waals surface area (Å²) in [5.41, 5.74) is 3.19. The number of halogens is 1. The molecule has 3 fully saturated rings. The zero-order valence-electron chi connectivity index (χ0n) is 20.0. The molecule has 0 radical (unpaired) electrons. The van der Waals surface area contributed by atoms with Gasteiger partial charge >= 0.3 is 5.97 Å². The number of likely N-dealkylation sites (tertiary alicyclic amines) is 1. The molecule has 6 rings (SSSR count). The number of aromatic carboxylic acids is 1. The number of carboxylic acid groups (broad SMARTS) is 1. The fourth-order valence-corrected chi connectivity index (χ4v) is 5.90. The van der Waals surface area contributed by atoms with E-state index in [2.05, 4.69) is 14.8 Å². The third-order valence-corrected chi connectivity index (χ3v) is 8.10. The van der Waals surface area contributed by atoms with Crippen LogP contribution < -0.4 is 4.90 Å². The Morgan fingerprint density at radius 1 is 1.00 bits per heavy atom. The van der Waals surface area contributed by atoms with Crippen LogP contribution in [0.15, 0.2) is 30.3 Å². The van der Waals surface area contributed by atoms with E-state index < -0.39 is 5.97 Å². The van der Waals surface area contributed by atoms with Crippen LogP contribution in [-0.4, -0.2) is 63.5 Å². The van der Waals surface area contributed by atoms with Gasteiger partial charge in [0.1, 0.15) is 5.82 Å². The van der Waals surface area contributed by atoms with Crippen LogP contribution in [0.3, 0.4) is 0 Å². The summed E-state index contributed by atoms with van der Waals surface area (Å²) in [5, 5.41) is 15.8. The maximum absolute atomic E-state index is 13.6. The van der Waals surface area contributed by atoms with Crippen LogP contribution in [-0.2, 0) is 0 Å². The molecule has 3 aliphatic rings. The van der Waals surface area contributed by atoms with Gasteiger partial charge in [-0.25, -0.2) is 18.9 Å². The Morgan fingerprint density at radius 3 is 2.34 bits per heavy atom. The van der Waals surface area contributed by atoms with Gasteiger partial charge in [-0.2, -0.15) is 5.10 Å². The Balaban J connectivity index is 1.40. The minimum atomic E-state index is -1.05. The van der Waals surface area contributed by atoms with Crippen LogP contribution >= 0.6 is 0 Å². The lowest BCUT2D eigenvalue weighted by atomic mass is 9.81. The molecule has 0 bridgehead atoms. The average Bonchev–Trinajstić information content (AvgIpc) is 3.47. The fraction of sp³-hybridized carbons (Fsp3) is 0.519. The average molecular weight is 478 g/mol. The lowest BCUT2D eigenvalue weighted by molar-refractivity contribution is 0.0691. The lowest BCUT2D eigenvalue weighted by Crippen LogP contribution is -2.38. The number of anilines is 1. The van der Waals surface area contributed by atoms with E-state index >= 15 is 0 Å². The van der Waals surface area contributed by atoms with Gasteiger partial charge in [0.2, 0.25) is 0 Å². The second-order valence-electron chi connectivity index (χ2n) is 10.4. The highest BCUT2D eigenvalue weighted by Crippen LogP contribution is 2.43. The number of piperidine rings is 1. The van der Waals surface area contributed by atoms with E-state index in [0.717, 1.165) is 55.5 Å². The molecular weight excluding hydrogens is 445 g/mol. The van der Waals surface area contributed by atoms with Crippen molar-refractivity contribution in [2.45, 2.75) is 50.9 Å². The minimum Gasteiger partial charge on any atom is -0.477 e. The molecule has 2 aliphatic heterocycles. The largest absolute Gasteiger partial charge is 0.477 e. The predicted molar refractivity (Wildman–Crippen MR) is 133 cm³/mol. The Labute approximate surface area is 204 Å². The summed E-state index contributed by atoms with van der Waals surface area (Å²) in [6, 6.07) is 7.89. The molecule has 2 saturated heterocycles. The second-order valence-corrected chi connectivity index (χ2v) is 10.4. The van der Waals surface area contributed by atoms with Crippen molar-refractivity contribution in [3.8, 4) is 5.69 Å². The summed E-state index contributed by atoms with van der Waals surface area (Å²) < 4.78 is 15.3. The van der Waals surface area contributed by atoms with Crippen LogP contribution in [0.2, 0.25) is 0 Å². The molecule has 4 heterocycles. The molecule has 3 aromatic rings. The Kier molecular flexibility index (Phi) is 5.92. The number of hydrogen-bond donors (Lipinski definition) is 1. The number of carboxylic acids is 1. The van der Waals surface area contributed by atoms with Crippen LogP contribution in [0.25, 0.3) is 16.7 Å². The molecule has 0 unspecified atom stereocenters. The van der Waals surface area contributed by atoms with E-state index in [-0.39, 0.29) is 11.5 Å². The quantitative estimate of drug-likeness (QED) is 0.548. The molecule has 0 atom stereocenters. The highest BCUT2D eigenvalue weighted by Gasteiger charge is 2.31. The maximum Gasteiger partial charge on any atom is 0.354 e. The monoisotopic (exact) mass is 477 g/mol. The maximum atomic E-state index is 13.6. The topological polar surface area (TPSA) is 74.5 Å². The van der Waals surface area contributed by atoms with E-state index in [9.17, 15) is 14.3 Å². The molecule has 2 aromatic heterocycles. The number of carbonyl (C=O) groups is 1. The van der Waals surface area contributed by atoms with Crippen LogP contribution in [0.5, 0.6) is 0 Å². The van der Waals surface area contributed by atoms with Crippen LogP contribution in [0.4, 0.5) is 10.1 Å². The van der Waals surface area contributed by atoms with Crippen molar-refractivity contribution in [3.63, 3.8) is 0 Å². The van der Waals surface area contributed by atoms with Crippen molar-refractivity contribution in [2.75, 3.05) is 37.6 Å². The first kappa shape index (κ1) is 22.5. The Morgan fingerprint density at radius 2 is 1.71 bits per heavy atom. The number of hydrogen-bond acceptors (Lipinski definition) is 5. The van der Waals surface area contributed by atoms with E-state index in [1.807, 2.05) is 0 Å². The number of fused-ring (bicyclic) bond motifs is 1. The van der Waals surface area contributed by atoms with Gasteiger partial charge in [0, 0.05) is 25.6 Å². The van der Waals surface area contributed by atoms with Gasteiger partial charge in [0.25, 0.3) is 0 Å². The lowest BCUT2D eigenvalue weighted by Gasteiger charge is -2.36. The van der Waals surface area contributed by atoms with Crippen molar-refractivity contribution in [3.05, 3.63) is 47.5 Å². The molecule has 0 spiro atoms. The molecule has 1 aliphatic carbocycles.